The number of amides is 3. The highest BCUT2D eigenvalue weighted by atomic mass is 31.2. The number of nitrogens with zero attached hydrogens (tertiary/aromatic N) is 4. The Morgan fingerprint density at radius 1 is 1.21 bits per heavy atom. The van der Waals surface area contributed by atoms with E-state index in [-0.39, 0.29) is 34.9 Å². The van der Waals surface area contributed by atoms with E-state index < -0.39 is 20.7 Å². The lowest BCUT2D eigenvalue weighted by atomic mass is 10.1. The van der Waals surface area contributed by atoms with Gasteiger partial charge in [0, 0.05) is 24.3 Å². The zero-order chi connectivity index (χ0) is 27.6. The number of rotatable bonds is 9. The molecule has 3 amide bonds. The average Bonchev–Trinajstić information content (AvgIpc) is 3.60. The summed E-state index contributed by atoms with van der Waals surface area (Å²) in [6.45, 7) is 4.48. The molecular weight excluding hydrogens is 519 g/mol. The third kappa shape index (κ3) is 6.00. The summed E-state index contributed by atoms with van der Waals surface area (Å²) in [5.74, 6) is -0.655. The fraction of sp³-hybridized carbons (Fsp3) is 0.348. The van der Waals surface area contributed by atoms with Crippen molar-refractivity contribution in [1.29, 1.82) is 0 Å². The molecule has 2 aromatic heterocycles. The fourth-order valence-electron chi connectivity index (χ4n) is 3.79. The van der Waals surface area contributed by atoms with E-state index in [1.165, 1.54) is 23.1 Å². The van der Waals surface area contributed by atoms with Crippen LogP contribution >= 0.6 is 7.82 Å². The number of hydrogen-bond donors (Lipinski definition) is 4. The molecule has 1 aliphatic rings. The van der Waals surface area contributed by atoms with Gasteiger partial charge in [-0.15, -0.1) is 0 Å². The minimum Gasteiger partial charge on any atom is -0.421 e. The van der Waals surface area contributed by atoms with Crippen LogP contribution in [0.4, 0.5) is 16.3 Å². The maximum atomic E-state index is 13.4. The molecule has 4 N–H and O–H groups in total. The van der Waals surface area contributed by atoms with Gasteiger partial charge in [0.2, 0.25) is 6.79 Å². The Balaban J connectivity index is 1.83. The second-order valence-electron chi connectivity index (χ2n) is 8.64. The SMILES string of the molecule is CCNC(=O)c1ccc(C)c(N(C(=O)OCOP(=O)(O)O)c2ncnn3cc(C(=O)NC4CC4)c(C)c23)c1. The van der Waals surface area contributed by atoms with Gasteiger partial charge in [0.15, 0.2) is 5.82 Å². The maximum Gasteiger partial charge on any atom is 0.472 e. The van der Waals surface area contributed by atoms with Crippen LogP contribution in [0.3, 0.4) is 0 Å². The summed E-state index contributed by atoms with van der Waals surface area (Å²) >= 11 is 0. The molecule has 1 aromatic carbocycles. The first-order valence-electron chi connectivity index (χ1n) is 11.7. The predicted octanol–water partition coefficient (Wildman–Crippen LogP) is 2.33. The van der Waals surface area contributed by atoms with E-state index >= 15 is 0 Å². The molecule has 202 valence electrons. The number of fused-ring (bicyclic) bond motifs is 1. The van der Waals surface area contributed by atoms with Crippen molar-refractivity contribution in [3.05, 3.63) is 53.0 Å². The van der Waals surface area contributed by atoms with E-state index in [1.54, 1.807) is 32.9 Å². The molecule has 1 fully saturated rings. The molecule has 2 heterocycles. The van der Waals surface area contributed by atoms with Crippen LogP contribution in [0.15, 0.2) is 30.7 Å². The monoisotopic (exact) mass is 546 g/mol. The van der Waals surface area contributed by atoms with Gasteiger partial charge in [0.25, 0.3) is 11.8 Å². The van der Waals surface area contributed by atoms with Gasteiger partial charge in [0.05, 0.1) is 11.3 Å². The van der Waals surface area contributed by atoms with E-state index in [9.17, 15) is 18.9 Å². The van der Waals surface area contributed by atoms with Crippen molar-refractivity contribution in [3.8, 4) is 0 Å². The van der Waals surface area contributed by atoms with Gasteiger partial charge >= 0.3 is 13.9 Å². The normalized spacial score (nSPS) is 13.3. The summed E-state index contributed by atoms with van der Waals surface area (Å²) in [6.07, 6.45) is 3.41. The summed E-state index contributed by atoms with van der Waals surface area (Å²) in [5, 5.41) is 9.78. The second kappa shape index (κ2) is 10.9. The molecule has 0 aliphatic heterocycles. The highest BCUT2D eigenvalue weighted by Gasteiger charge is 2.30. The summed E-state index contributed by atoms with van der Waals surface area (Å²) in [5.41, 5.74) is 2.14. The van der Waals surface area contributed by atoms with Gasteiger partial charge in [0.1, 0.15) is 11.8 Å². The molecule has 4 rings (SSSR count). The Hall–Kier alpha value is -3.84. The molecule has 15 heteroatoms. The molecule has 0 unspecified atom stereocenters. The number of carbonyl (C=O) groups excluding carboxylic acids is 3. The van der Waals surface area contributed by atoms with Crippen molar-refractivity contribution in [2.45, 2.75) is 39.7 Å². The van der Waals surface area contributed by atoms with Crippen molar-refractivity contribution in [2.24, 2.45) is 0 Å². The lowest BCUT2D eigenvalue weighted by Crippen LogP contribution is -2.30. The zero-order valence-corrected chi connectivity index (χ0v) is 21.8. The van der Waals surface area contributed by atoms with Gasteiger partial charge in [-0.1, -0.05) is 6.07 Å². The molecule has 38 heavy (non-hydrogen) atoms. The number of anilines is 2. The first-order chi connectivity index (χ1) is 18.0. The molecule has 0 radical (unpaired) electrons. The van der Waals surface area contributed by atoms with Crippen molar-refractivity contribution >= 4 is 42.8 Å². The molecule has 14 nitrogen and oxygen atoms in total. The smallest absolute Gasteiger partial charge is 0.421 e. The molecule has 3 aromatic rings. The number of hydrogen-bond acceptors (Lipinski definition) is 8. The van der Waals surface area contributed by atoms with E-state index in [1.807, 2.05) is 0 Å². The van der Waals surface area contributed by atoms with Crippen molar-refractivity contribution in [2.75, 3.05) is 18.2 Å². The van der Waals surface area contributed by atoms with E-state index in [2.05, 4.69) is 25.2 Å². The Morgan fingerprint density at radius 3 is 2.61 bits per heavy atom. The molecule has 0 bridgehead atoms. The Labute approximate surface area is 217 Å². The van der Waals surface area contributed by atoms with Gasteiger partial charge < -0.3 is 25.2 Å². The van der Waals surface area contributed by atoms with Crippen molar-refractivity contribution < 1.29 is 38.0 Å². The molecule has 0 atom stereocenters. The number of carbonyl (C=O) groups is 3. The van der Waals surface area contributed by atoms with Gasteiger partial charge in [-0.05, 0) is 56.9 Å². The van der Waals surface area contributed by atoms with Crippen molar-refractivity contribution in [3.63, 3.8) is 0 Å². The number of aryl methyl sites for hydroxylation is 2. The van der Waals surface area contributed by atoms with Crippen LogP contribution in [-0.4, -0.2) is 61.7 Å². The first kappa shape index (κ1) is 27.2. The first-order valence-corrected chi connectivity index (χ1v) is 13.2. The lowest BCUT2D eigenvalue weighted by Gasteiger charge is -2.24. The third-order valence-corrected chi connectivity index (χ3v) is 6.25. The van der Waals surface area contributed by atoms with Crippen LogP contribution in [-0.2, 0) is 13.8 Å². The minimum absolute atomic E-state index is 0.0142. The van der Waals surface area contributed by atoms with Gasteiger partial charge in [-0.2, -0.15) is 5.10 Å². The molecule has 0 saturated heterocycles. The Morgan fingerprint density at radius 2 is 1.95 bits per heavy atom. The highest BCUT2D eigenvalue weighted by molar-refractivity contribution is 7.46. The summed E-state index contributed by atoms with van der Waals surface area (Å²) in [6, 6.07) is 4.80. The minimum atomic E-state index is -4.92. The molecular formula is C23H27N6O8P. The number of benzene rings is 1. The average molecular weight is 546 g/mol. The second-order valence-corrected chi connectivity index (χ2v) is 9.88. The standard InChI is InChI=1S/C23H27N6O8P/c1-4-24-21(30)15-6-5-13(2)18(9-15)29(23(32)36-12-37-38(33,34)35)20-19-14(3)17(10-28(19)26-11-25-20)22(31)27-16-7-8-16/h5-6,9-11,16H,4,7-8,12H2,1-3H3,(H,24,30)(H,27,31)(H2,33,34,35). The van der Waals surface area contributed by atoms with Crippen LogP contribution < -0.4 is 15.5 Å². The van der Waals surface area contributed by atoms with Gasteiger partial charge in [-0.3, -0.25) is 9.59 Å². The third-order valence-electron chi connectivity index (χ3n) is 5.81. The van der Waals surface area contributed by atoms with Crippen LogP contribution in [0.5, 0.6) is 0 Å². The number of phosphoric acid groups is 1. The fourth-order valence-corrected chi connectivity index (χ4v) is 3.98. The number of ether oxygens (including phenoxy) is 1. The number of nitrogens with one attached hydrogen (secondary N) is 2. The van der Waals surface area contributed by atoms with E-state index in [4.69, 9.17) is 14.5 Å². The number of aromatic nitrogens is 3. The van der Waals surface area contributed by atoms with Gasteiger partial charge in [-0.25, -0.2) is 28.3 Å². The highest BCUT2D eigenvalue weighted by Crippen LogP contribution is 2.37. The molecule has 1 saturated carbocycles. The maximum absolute atomic E-state index is 13.4. The predicted molar refractivity (Wildman–Crippen MR) is 134 cm³/mol. The number of phosphoric ester groups is 1. The summed E-state index contributed by atoms with van der Waals surface area (Å²) < 4.78 is 21.8. The van der Waals surface area contributed by atoms with Crippen LogP contribution in [0.2, 0.25) is 0 Å². The molecule has 1 aliphatic carbocycles. The van der Waals surface area contributed by atoms with Crippen LogP contribution in [0, 0.1) is 13.8 Å². The lowest BCUT2D eigenvalue weighted by molar-refractivity contribution is 0.0445. The van der Waals surface area contributed by atoms with E-state index in [0.29, 0.717) is 28.8 Å². The quantitative estimate of drug-likeness (QED) is 0.229. The Kier molecular flexibility index (Phi) is 7.78. The largest absolute Gasteiger partial charge is 0.472 e. The summed E-state index contributed by atoms with van der Waals surface area (Å²) in [7, 11) is -4.92. The topological polar surface area (TPSA) is 185 Å². The van der Waals surface area contributed by atoms with Crippen LogP contribution in [0.1, 0.15) is 51.6 Å². The summed E-state index contributed by atoms with van der Waals surface area (Å²) in [4.78, 5) is 62.0. The zero-order valence-electron chi connectivity index (χ0n) is 20.9. The van der Waals surface area contributed by atoms with Crippen LogP contribution in [0.25, 0.3) is 5.52 Å². The van der Waals surface area contributed by atoms with E-state index in [0.717, 1.165) is 17.7 Å². The molecule has 0 spiro atoms. The Bertz CT molecular complexity index is 1450. The van der Waals surface area contributed by atoms with Crippen molar-refractivity contribution in [1.82, 2.24) is 25.2 Å².